The first kappa shape index (κ1) is 18.9. The summed E-state index contributed by atoms with van der Waals surface area (Å²) < 4.78 is 13.1. The highest BCUT2D eigenvalue weighted by Crippen LogP contribution is 2.31. The highest BCUT2D eigenvalue weighted by atomic mass is 35.5. The number of hydrogen-bond donors (Lipinski definition) is 2. The van der Waals surface area contributed by atoms with Gasteiger partial charge in [-0.25, -0.2) is 4.39 Å². The Balaban J connectivity index is 0.00000208. The van der Waals surface area contributed by atoms with Crippen LogP contribution in [0.4, 0.5) is 4.39 Å². The Kier molecular flexibility index (Phi) is 6.38. The average molecular weight is 369 g/mol. The first-order chi connectivity index (χ1) is 11.0. The normalized spacial score (nSPS) is 20.3. The van der Waals surface area contributed by atoms with Crippen molar-refractivity contribution < 1.29 is 9.18 Å². The molecule has 1 aliphatic heterocycles. The molecule has 1 aliphatic rings. The van der Waals surface area contributed by atoms with E-state index in [0.717, 1.165) is 35.4 Å². The van der Waals surface area contributed by atoms with Gasteiger partial charge >= 0.3 is 0 Å². The van der Waals surface area contributed by atoms with E-state index in [2.05, 4.69) is 17.6 Å². The van der Waals surface area contributed by atoms with Crippen LogP contribution in [0.15, 0.2) is 30.3 Å². The third kappa shape index (κ3) is 4.15. The fourth-order valence-corrected chi connectivity index (χ4v) is 3.94. The summed E-state index contributed by atoms with van der Waals surface area (Å²) in [7, 11) is 0. The van der Waals surface area contributed by atoms with E-state index < -0.39 is 0 Å². The smallest absolute Gasteiger partial charge is 0.261 e. The molecule has 0 bridgehead atoms. The van der Waals surface area contributed by atoms with Crippen LogP contribution in [0.25, 0.3) is 11.1 Å². The van der Waals surface area contributed by atoms with Crippen molar-refractivity contribution in [3.8, 4) is 11.1 Å². The zero-order valence-corrected chi connectivity index (χ0v) is 15.4. The fraction of sp³-hybridized carbons (Fsp3) is 0.389. The summed E-state index contributed by atoms with van der Waals surface area (Å²) in [5.41, 5.74) is 1.93. The minimum Gasteiger partial charge on any atom is -0.347 e. The number of piperidine rings is 1. The van der Waals surface area contributed by atoms with Gasteiger partial charge in [0.05, 0.1) is 4.88 Å². The lowest BCUT2D eigenvalue weighted by Crippen LogP contribution is -2.51. The number of carbonyl (C=O) groups excluding carboxylic acids is 1. The fourth-order valence-electron chi connectivity index (χ4n) is 2.99. The third-order valence-corrected chi connectivity index (χ3v) is 5.42. The standard InChI is InChI=1S/C18H21FN2OS.ClH/c1-11-16(4-3-9-20-11)21-18(22)17-10-15(12(2)23-17)13-5-7-14(19)8-6-13;/h5-8,10-11,16,20H,3-4,9H2,1-2H3,(H,21,22);1H. The van der Waals surface area contributed by atoms with E-state index >= 15 is 0 Å². The predicted molar refractivity (Wildman–Crippen MR) is 99.7 cm³/mol. The van der Waals surface area contributed by atoms with Crippen LogP contribution in [-0.2, 0) is 0 Å². The number of thiophene rings is 1. The van der Waals surface area contributed by atoms with Crippen molar-refractivity contribution in [2.24, 2.45) is 0 Å². The number of halogens is 2. The van der Waals surface area contributed by atoms with Gasteiger partial charge < -0.3 is 10.6 Å². The van der Waals surface area contributed by atoms with Crippen LogP contribution in [0.1, 0.15) is 34.3 Å². The Labute approximate surface area is 152 Å². The number of carbonyl (C=O) groups is 1. The molecule has 3 nitrogen and oxygen atoms in total. The van der Waals surface area contributed by atoms with Crippen LogP contribution < -0.4 is 10.6 Å². The van der Waals surface area contributed by atoms with Gasteiger partial charge in [0.15, 0.2) is 0 Å². The number of nitrogens with one attached hydrogen (secondary N) is 2. The Morgan fingerprint density at radius 1 is 1.33 bits per heavy atom. The monoisotopic (exact) mass is 368 g/mol. The minimum atomic E-state index is -0.251. The summed E-state index contributed by atoms with van der Waals surface area (Å²) in [6.07, 6.45) is 2.09. The molecule has 0 spiro atoms. The van der Waals surface area contributed by atoms with E-state index in [1.807, 2.05) is 13.0 Å². The molecule has 0 aliphatic carbocycles. The van der Waals surface area contributed by atoms with E-state index in [9.17, 15) is 9.18 Å². The summed E-state index contributed by atoms with van der Waals surface area (Å²) in [5.74, 6) is -0.273. The van der Waals surface area contributed by atoms with E-state index in [4.69, 9.17) is 0 Å². The number of aryl methyl sites for hydroxylation is 1. The number of rotatable bonds is 3. The molecule has 1 amide bonds. The summed E-state index contributed by atoms with van der Waals surface area (Å²) in [6, 6.07) is 8.77. The molecule has 2 atom stereocenters. The zero-order valence-electron chi connectivity index (χ0n) is 13.8. The second-order valence-electron chi connectivity index (χ2n) is 6.05. The van der Waals surface area contributed by atoms with Crippen molar-refractivity contribution in [2.45, 2.75) is 38.8 Å². The van der Waals surface area contributed by atoms with Gasteiger partial charge in [-0.2, -0.15) is 0 Å². The van der Waals surface area contributed by atoms with Crippen LogP contribution >= 0.6 is 23.7 Å². The molecule has 1 saturated heterocycles. The van der Waals surface area contributed by atoms with Gasteiger partial charge in [-0.15, -0.1) is 23.7 Å². The van der Waals surface area contributed by atoms with Crippen molar-refractivity contribution in [1.29, 1.82) is 0 Å². The highest BCUT2D eigenvalue weighted by molar-refractivity contribution is 7.14. The third-order valence-electron chi connectivity index (χ3n) is 4.38. The molecule has 130 valence electrons. The van der Waals surface area contributed by atoms with Gasteiger partial charge in [-0.3, -0.25) is 4.79 Å². The quantitative estimate of drug-likeness (QED) is 0.854. The molecule has 3 rings (SSSR count). The molecule has 1 fully saturated rings. The van der Waals surface area contributed by atoms with Gasteiger partial charge in [0.25, 0.3) is 5.91 Å². The van der Waals surface area contributed by atoms with Crippen molar-refractivity contribution >= 4 is 29.7 Å². The molecular weight excluding hydrogens is 347 g/mol. The second-order valence-corrected chi connectivity index (χ2v) is 7.31. The molecule has 1 aromatic carbocycles. The van der Waals surface area contributed by atoms with Gasteiger partial charge in [-0.05, 0) is 62.6 Å². The number of amides is 1. The summed E-state index contributed by atoms with van der Waals surface area (Å²) in [6.45, 7) is 5.11. The van der Waals surface area contributed by atoms with Gasteiger partial charge in [0, 0.05) is 17.0 Å². The van der Waals surface area contributed by atoms with Gasteiger partial charge in [0.1, 0.15) is 5.82 Å². The molecule has 2 unspecified atom stereocenters. The maximum atomic E-state index is 13.1. The molecule has 2 heterocycles. The van der Waals surface area contributed by atoms with E-state index in [1.165, 1.54) is 23.5 Å². The Morgan fingerprint density at radius 2 is 2.04 bits per heavy atom. The van der Waals surface area contributed by atoms with Crippen LogP contribution in [0, 0.1) is 12.7 Å². The minimum absolute atomic E-state index is 0. The van der Waals surface area contributed by atoms with Crippen molar-refractivity contribution in [1.82, 2.24) is 10.6 Å². The first-order valence-corrected chi connectivity index (χ1v) is 8.77. The Hall–Kier alpha value is -1.43. The lowest BCUT2D eigenvalue weighted by molar-refractivity contribution is 0.0924. The summed E-state index contributed by atoms with van der Waals surface area (Å²) >= 11 is 1.49. The SMILES string of the molecule is Cc1sc(C(=O)NC2CCCNC2C)cc1-c1ccc(F)cc1.Cl. The van der Waals surface area contributed by atoms with Crippen LogP contribution in [0.3, 0.4) is 0 Å². The number of benzene rings is 1. The van der Waals surface area contributed by atoms with Crippen LogP contribution in [-0.4, -0.2) is 24.5 Å². The first-order valence-electron chi connectivity index (χ1n) is 7.95. The van der Waals surface area contributed by atoms with Crippen molar-refractivity contribution in [3.63, 3.8) is 0 Å². The largest absolute Gasteiger partial charge is 0.347 e. The molecule has 2 N–H and O–H groups in total. The highest BCUT2D eigenvalue weighted by Gasteiger charge is 2.24. The Morgan fingerprint density at radius 3 is 2.71 bits per heavy atom. The maximum Gasteiger partial charge on any atom is 0.261 e. The Bertz CT molecular complexity index is 702. The average Bonchev–Trinajstić information content (AvgIpc) is 2.92. The molecular formula is C18H22ClFN2OS. The second kappa shape index (κ2) is 8.10. The predicted octanol–water partition coefficient (Wildman–Crippen LogP) is 4.15. The molecule has 24 heavy (non-hydrogen) atoms. The van der Waals surface area contributed by atoms with E-state index in [1.54, 1.807) is 12.1 Å². The van der Waals surface area contributed by atoms with Crippen molar-refractivity contribution in [2.75, 3.05) is 6.54 Å². The van der Waals surface area contributed by atoms with Crippen molar-refractivity contribution in [3.05, 3.63) is 45.9 Å². The van der Waals surface area contributed by atoms with Crippen LogP contribution in [0.5, 0.6) is 0 Å². The lowest BCUT2D eigenvalue weighted by Gasteiger charge is -2.30. The molecule has 2 aromatic rings. The van der Waals surface area contributed by atoms with Gasteiger partial charge in [0.2, 0.25) is 0 Å². The molecule has 6 heteroatoms. The number of hydrogen-bond acceptors (Lipinski definition) is 3. The zero-order chi connectivity index (χ0) is 16.4. The molecule has 0 radical (unpaired) electrons. The summed E-state index contributed by atoms with van der Waals surface area (Å²) in [5, 5.41) is 6.52. The molecule has 0 saturated carbocycles. The van der Waals surface area contributed by atoms with Crippen LogP contribution in [0.2, 0.25) is 0 Å². The molecule has 1 aromatic heterocycles. The maximum absolute atomic E-state index is 13.1. The van der Waals surface area contributed by atoms with Gasteiger partial charge in [-0.1, -0.05) is 12.1 Å². The topological polar surface area (TPSA) is 41.1 Å². The summed E-state index contributed by atoms with van der Waals surface area (Å²) in [4.78, 5) is 14.3. The van der Waals surface area contributed by atoms with E-state index in [-0.39, 0.29) is 30.2 Å². The van der Waals surface area contributed by atoms with E-state index in [0.29, 0.717) is 10.9 Å². The lowest BCUT2D eigenvalue weighted by atomic mass is 10.00.